The van der Waals surface area contributed by atoms with Gasteiger partial charge in [-0.15, -0.1) is 0 Å². The first kappa shape index (κ1) is 16.3. The maximum absolute atomic E-state index is 12.0. The summed E-state index contributed by atoms with van der Waals surface area (Å²) >= 11 is 0. The molecule has 0 aromatic heterocycles. The minimum Gasteiger partial charge on any atom is -0.462 e. The van der Waals surface area contributed by atoms with Crippen LogP contribution in [-0.2, 0) is 9.47 Å². The molecular weight excluding hydrogens is 282 g/mol. The van der Waals surface area contributed by atoms with E-state index in [2.05, 4.69) is 0 Å². The summed E-state index contributed by atoms with van der Waals surface area (Å²) in [6, 6.07) is 8.91. The summed E-state index contributed by atoms with van der Waals surface area (Å²) in [5.41, 5.74) is 0.0547. The third-order valence-corrected chi connectivity index (χ3v) is 3.40. The van der Waals surface area contributed by atoms with Crippen molar-refractivity contribution in [3.63, 3.8) is 0 Å². The summed E-state index contributed by atoms with van der Waals surface area (Å²) in [6.45, 7) is 7.08. The molecule has 1 aliphatic heterocycles. The number of carbonyl (C=O) groups excluding carboxylic acids is 2. The molecule has 22 heavy (non-hydrogen) atoms. The van der Waals surface area contributed by atoms with Gasteiger partial charge < -0.3 is 14.4 Å². The summed E-state index contributed by atoms with van der Waals surface area (Å²) in [7, 11) is 0. The van der Waals surface area contributed by atoms with Crippen LogP contribution in [0.4, 0.5) is 4.79 Å². The molecule has 0 N–H and O–H groups in total. The van der Waals surface area contributed by atoms with Gasteiger partial charge in [0.15, 0.2) is 0 Å². The second-order valence-corrected chi connectivity index (χ2v) is 6.55. The van der Waals surface area contributed by atoms with Gasteiger partial charge >= 0.3 is 12.1 Å². The Hall–Kier alpha value is -2.04. The van der Waals surface area contributed by atoms with Crippen molar-refractivity contribution < 1.29 is 19.1 Å². The quantitative estimate of drug-likeness (QED) is 0.805. The van der Waals surface area contributed by atoms with E-state index in [1.807, 2.05) is 26.8 Å². The highest BCUT2D eigenvalue weighted by atomic mass is 16.6. The SMILES string of the molecule is CC(C)(C)OC(=O)N1CCC(COC(=O)c2ccccc2)C1. The van der Waals surface area contributed by atoms with Crippen LogP contribution in [0.2, 0.25) is 0 Å². The largest absolute Gasteiger partial charge is 0.462 e. The summed E-state index contributed by atoms with van der Waals surface area (Å²) < 4.78 is 10.7. The van der Waals surface area contributed by atoms with Gasteiger partial charge in [0, 0.05) is 19.0 Å². The highest BCUT2D eigenvalue weighted by molar-refractivity contribution is 5.89. The van der Waals surface area contributed by atoms with Crippen LogP contribution in [0.3, 0.4) is 0 Å². The van der Waals surface area contributed by atoms with Crippen LogP contribution in [-0.4, -0.2) is 42.3 Å². The normalized spacial score (nSPS) is 18.1. The van der Waals surface area contributed by atoms with Crippen LogP contribution >= 0.6 is 0 Å². The van der Waals surface area contributed by atoms with Gasteiger partial charge in [-0.05, 0) is 39.3 Å². The molecule has 1 amide bonds. The number of nitrogens with zero attached hydrogens (tertiary/aromatic N) is 1. The van der Waals surface area contributed by atoms with Crippen LogP contribution in [0.1, 0.15) is 37.6 Å². The Morgan fingerprint density at radius 3 is 2.55 bits per heavy atom. The lowest BCUT2D eigenvalue weighted by Gasteiger charge is -2.24. The van der Waals surface area contributed by atoms with Crippen LogP contribution in [0.25, 0.3) is 0 Å². The van der Waals surface area contributed by atoms with Crippen molar-refractivity contribution in [2.75, 3.05) is 19.7 Å². The molecule has 0 radical (unpaired) electrons. The first-order valence-corrected chi connectivity index (χ1v) is 7.55. The molecule has 1 unspecified atom stereocenters. The van der Waals surface area contributed by atoms with E-state index in [0.717, 1.165) is 6.42 Å². The number of carbonyl (C=O) groups is 2. The van der Waals surface area contributed by atoms with E-state index in [1.165, 1.54) is 0 Å². The number of ether oxygens (including phenoxy) is 2. The molecule has 120 valence electrons. The maximum Gasteiger partial charge on any atom is 0.410 e. The third-order valence-electron chi connectivity index (χ3n) is 3.40. The Morgan fingerprint density at radius 2 is 1.91 bits per heavy atom. The van der Waals surface area contributed by atoms with Crippen molar-refractivity contribution in [1.29, 1.82) is 0 Å². The minimum absolute atomic E-state index is 0.167. The van der Waals surface area contributed by atoms with Crippen molar-refractivity contribution in [1.82, 2.24) is 4.90 Å². The molecule has 5 heteroatoms. The maximum atomic E-state index is 12.0. The van der Waals surface area contributed by atoms with Crippen molar-refractivity contribution in [3.05, 3.63) is 35.9 Å². The van der Waals surface area contributed by atoms with Crippen LogP contribution in [0.15, 0.2) is 30.3 Å². The first-order chi connectivity index (χ1) is 10.3. The number of likely N-dealkylation sites (tertiary alicyclic amines) is 1. The van der Waals surface area contributed by atoms with E-state index in [9.17, 15) is 9.59 Å². The van der Waals surface area contributed by atoms with Crippen molar-refractivity contribution in [2.45, 2.75) is 32.8 Å². The molecule has 1 atom stereocenters. The molecule has 1 aliphatic rings. The minimum atomic E-state index is -0.491. The van der Waals surface area contributed by atoms with E-state index < -0.39 is 5.60 Å². The fraction of sp³-hybridized carbons (Fsp3) is 0.529. The molecule has 0 saturated carbocycles. The number of rotatable bonds is 3. The number of esters is 1. The van der Waals surface area contributed by atoms with E-state index in [0.29, 0.717) is 25.3 Å². The molecule has 1 heterocycles. The van der Waals surface area contributed by atoms with Gasteiger partial charge in [0.25, 0.3) is 0 Å². The zero-order valence-corrected chi connectivity index (χ0v) is 13.4. The lowest BCUT2D eigenvalue weighted by atomic mass is 10.1. The zero-order valence-electron chi connectivity index (χ0n) is 13.4. The Bertz CT molecular complexity index is 521. The number of benzene rings is 1. The second-order valence-electron chi connectivity index (χ2n) is 6.55. The molecular formula is C17H23NO4. The van der Waals surface area contributed by atoms with Crippen LogP contribution in [0.5, 0.6) is 0 Å². The van der Waals surface area contributed by atoms with E-state index in [-0.39, 0.29) is 18.0 Å². The predicted molar refractivity (Wildman–Crippen MR) is 82.6 cm³/mol. The molecule has 1 fully saturated rings. The molecule has 0 aliphatic carbocycles. The Labute approximate surface area is 131 Å². The molecule has 1 aromatic rings. The number of hydrogen-bond acceptors (Lipinski definition) is 4. The average Bonchev–Trinajstić information content (AvgIpc) is 2.93. The van der Waals surface area contributed by atoms with Gasteiger partial charge in [-0.2, -0.15) is 0 Å². The van der Waals surface area contributed by atoms with Gasteiger partial charge in [0.2, 0.25) is 0 Å². The third kappa shape index (κ3) is 4.76. The van der Waals surface area contributed by atoms with E-state index in [1.54, 1.807) is 29.2 Å². The summed E-state index contributed by atoms with van der Waals surface area (Å²) in [6.07, 6.45) is 0.519. The topological polar surface area (TPSA) is 55.8 Å². The Balaban J connectivity index is 1.77. The Kier molecular flexibility index (Phi) is 5.06. The molecule has 1 saturated heterocycles. The molecule has 0 spiro atoms. The van der Waals surface area contributed by atoms with Gasteiger partial charge in [0.1, 0.15) is 5.60 Å². The van der Waals surface area contributed by atoms with Gasteiger partial charge in [0.05, 0.1) is 12.2 Å². The van der Waals surface area contributed by atoms with E-state index in [4.69, 9.17) is 9.47 Å². The van der Waals surface area contributed by atoms with Gasteiger partial charge in [-0.1, -0.05) is 18.2 Å². The van der Waals surface area contributed by atoms with Crippen molar-refractivity contribution >= 4 is 12.1 Å². The lowest BCUT2D eigenvalue weighted by molar-refractivity contribution is 0.0274. The number of hydrogen-bond donors (Lipinski definition) is 0. The van der Waals surface area contributed by atoms with Crippen LogP contribution < -0.4 is 0 Å². The summed E-state index contributed by atoms with van der Waals surface area (Å²) in [5, 5.41) is 0. The highest BCUT2D eigenvalue weighted by Crippen LogP contribution is 2.20. The lowest BCUT2D eigenvalue weighted by Crippen LogP contribution is -2.35. The standard InChI is InChI=1S/C17H23NO4/c1-17(2,3)22-16(20)18-10-9-13(11-18)12-21-15(19)14-7-5-4-6-8-14/h4-8,13H,9-12H2,1-3H3. The monoisotopic (exact) mass is 305 g/mol. The van der Waals surface area contributed by atoms with Gasteiger partial charge in [-0.3, -0.25) is 0 Å². The fourth-order valence-electron chi connectivity index (χ4n) is 2.31. The first-order valence-electron chi connectivity index (χ1n) is 7.55. The Morgan fingerprint density at radius 1 is 1.23 bits per heavy atom. The number of amides is 1. The van der Waals surface area contributed by atoms with Crippen molar-refractivity contribution in [3.8, 4) is 0 Å². The summed E-state index contributed by atoms with van der Waals surface area (Å²) in [4.78, 5) is 25.5. The van der Waals surface area contributed by atoms with Crippen LogP contribution in [0, 0.1) is 5.92 Å². The zero-order chi connectivity index (χ0) is 16.2. The van der Waals surface area contributed by atoms with Crippen molar-refractivity contribution in [2.24, 2.45) is 5.92 Å². The molecule has 5 nitrogen and oxygen atoms in total. The fourth-order valence-corrected chi connectivity index (χ4v) is 2.31. The molecule has 0 bridgehead atoms. The molecule has 2 rings (SSSR count). The second kappa shape index (κ2) is 6.81. The highest BCUT2D eigenvalue weighted by Gasteiger charge is 2.30. The smallest absolute Gasteiger partial charge is 0.410 e. The average molecular weight is 305 g/mol. The van der Waals surface area contributed by atoms with Gasteiger partial charge in [-0.25, -0.2) is 9.59 Å². The van der Waals surface area contributed by atoms with E-state index >= 15 is 0 Å². The summed E-state index contributed by atoms with van der Waals surface area (Å²) in [5.74, 6) is -0.156. The predicted octanol–water partition coefficient (Wildman–Crippen LogP) is 3.10. The molecule has 1 aromatic carbocycles.